The van der Waals surface area contributed by atoms with Gasteiger partial charge in [-0.2, -0.15) is 0 Å². The molecule has 2 N–H and O–H groups in total. The molecule has 2 aliphatic rings. The zero-order chi connectivity index (χ0) is 23.3. The van der Waals surface area contributed by atoms with Crippen LogP contribution >= 0.6 is 55.7 Å². The zero-order valence-corrected chi connectivity index (χ0v) is 22.1. The fraction of sp³-hybridized carbons (Fsp3) is 0.167. The van der Waals surface area contributed by atoms with Crippen LogP contribution in [0.2, 0.25) is 5.02 Å². The van der Waals surface area contributed by atoms with Crippen molar-refractivity contribution in [1.82, 2.24) is 5.32 Å². The van der Waals surface area contributed by atoms with Gasteiger partial charge >= 0.3 is 0 Å². The molecule has 0 saturated carbocycles. The number of amides is 1. The van der Waals surface area contributed by atoms with E-state index in [1.165, 1.54) is 0 Å². The number of nitrogens with one attached hydrogen (secondary N) is 2. The number of carbonyl (C=O) groups is 1. The van der Waals surface area contributed by atoms with Gasteiger partial charge in [0.15, 0.2) is 10.8 Å². The first-order valence-corrected chi connectivity index (χ1v) is 12.5. The molecular weight excluding hydrogens is 590 g/mol. The highest BCUT2D eigenvalue weighted by Gasteiger charge is 2.59. The van der Waals surface area contributed by atoms with Crippen LogP contribution < -0.4 is 20.3 Å². The average Bonchev–Trinajstić information content (AvgIpc) is 2.77. The van der Waals surface area contributed by atoms with Crippen molar-refractivity contribution in [3.63, 3.8) is 0 Å². The van der Waals surface area contributed by atoms with E-state index in [9.17, 15) is 4.79 Å². The maximum Gasteiger partial charge on any atom is 0.236 e. The minimum Gasteiger partial charge on any atom is -0.467 e. The van der Waals surface area contributed by atoms with E-state index < -0.39 is 11.6 Å². The highest BCUT2D eigenvalue weighted by atomic mass is 79.9. The Bertz CT molecular complexity index is 1260. The molecule has 168 valence electrons. The summed E-state index contributed by atoms with van der Waals surface area (Å²) in [6, 6.07) is 20.2. The lowest BCUT2D eigenvalue weighted by Gasteiger charge is -2.56. The third-order valence-electron chi connectivity index (χ3n) is 5.94. The summed E-state index contributed by atoms with van der Waals surface area (Å²) in [6.45, 7) is 1.91. The van der Waals surface area contributed by atoms with Gasteiger partial charge in [-0.15, -0.1) is 0 Å². The topological polar surface area (TPSA) is 53.6 Å². The third kappa shape index (κ3) is 4.03. The molecule has 2 aliphatic heterocycles. The lowest BCUT2D eigenvalue weighted by molar-refractivity contribution is -0.130. The highest BCUT2D eigenvalue weighted by Crippen LogP contribution is 2.50. The van der Waals surface area contributed by atoms with Gasteiger partial charge in [0, 0.05) is 30.9 Å². The molecule has 1 amide bonds. The number of hydrogen-bond donors (Lipinski definition) is 2. The van der Waals surface area contributed by atoms with Crippen LogP contribution in [0.5, 0.6) is 5.75 Å². The van der Waals surface area contributed by atoms with Crippen LogP contribution in [0, 0.1) is 5.92 Å². The Morgan fingerprint density at radius 1 is 1.09 bits per heavy atom. The first-order valence-electron chi connectivity index (χ1n) is 10.2. The number of fused-ring (bicyclic) bond motifs is 4. The summed E-state index contributed by atoms with van der Waals surface area (Å²) in [5, 5.41) is 7.53. The van der Waals surface area contributed by atoms with E-state index in [0.717, 1.165) is 20.2 Å². The van der Waals surface area contributed by atoms with Crippen molar-refractivity contribution in [2.24, 2.45) is 5.92 Å². The summed E-state index contributed by atoms with van der Waals surface area (Å²) in [7, 11) is 0. The van der Waals surface area contributed by atoms with Crippen LogP contribution in [-0.2, 0) is 4.79 Å². The molecule has 0 unspecified atom stereocenters. The van der Waals surface area contributed by atoms with E-state index in [-0.39, 0.29) is 11.9 Å². The predicted molar refractivity (Wildman–Crippen MR) is 142 cm³/mol. The molecule has 1 fully saturated rings. The van der Waals surface area contributed by atoms with Crippen LogP contribution in [0.25, 0.3) is 0 Å². The zero-order valence-electron chi connectivity index (χ0n) is 17.3. The van der Waals surface area contributed by atoms with Crippen LogP contribution in [-0.4, -0.2) is 16.7 Å². The van der Waals surface area contributed by atoms with Gasteiger partial charge in [0.05, 0.1) is 6.04 Å². The fourth-order valence-electron chi connectivity index (χ4n) is 4.49. The second kappa shape index (κ2) is 8.58. The summed E-state index contributed by atoms with van der Waals surface area (Å²) in [6.07, 6.45) is 0. The number of halogens is 3. The summed E-state index contributed by atoms with van der Waals surface area (Å²) >= 11 is 18.8. The molecule has 33 heavy (non-hydrogen) atoms. The van der Waals surface area contributed by atoms with Gasteiger partial charge in [0.2, 0.25) is 5.91 Å². The van der Waals surface area contributed by atoms with Crippen molar-refractivity contribution in [2.75, 3.05) is 10.2 Å². The lowest BCUT2D eigenvalue weighted by atomic mass is 9.78. The van der Waals surface area contributed by atoms with Gasteiger partial charge in [-0.3, -0.25) is 9.69 Å². The summed E-state index contributed by atoms with van der Waals surface area (Å²) in [5.41, 5.74) is 1.28. The van der Waals surface area contributed by atoms with Crippen molar-refractivity contribution in [1.29, 1.82) is 0 Å². The van der Waals surface area contributed by atoms with E-state index in [0.29, 0.717) is 21.6 Å². The molecule has 1 saturated heterocycles. The Kier molecular flexibility index (Phi) is 5.89. The van der Waals surface area contributed by atoms with Crippen molar-refractivity contribution < 1.29 is 9.53 Å². The molecule has 0 aromatic heterocycles. The molecular formula is C24H18Br2ClN3O2S. The molecule has 3 atom stereocenters. The van der Waals surface area contributed by atoms with Gasteiger partial charge in [-0.1, -0.05) is 43.5 Å². The largest absolute Gasteiger partial charge is 0.467 e. The maximum absolute atomic E-state index is 13.8. The number of nitrogens with zero attached hydrogens (tertiary/aromatic N) is 1. The quantitative estimate of drug-likeness (QED) is 0.326. The van der Waals surface area contributed by atoms with Crippen molar-refractivity contribution in [3.05, 3.63) is 86.3 Å². The highest BCUT2D eigenvalue weighted by molar-refractivity contribution is 9.10. The minimum absolute atomic E-state index is 0.187. The van der Waals surface area contributed by atoms with E-state index in [2.05, 4.69) is 42.5 Å². The van der Waals surface area contributed by atoms with Crippen molar-refractivity contribution >= 4 is 78.1 Å². The van der Waals surface area contributed by atoms with Gasteiger partial charge in [0.1, 0.15) is 11.7 Å². The van der Waals surface area contributed by atoms with Gasteiger partial charge in [-0.25, -0.2) is 0 Å². The summed E-state index contributed by atoms with van der Waals surface area (Å²) in [5.74, 6) is -0.101. The number of ether oxygens (including phenoxy) is 1. The molecule has 0 spiro atoms. The van der Waals surface area contributed by atoms with E-state index in [4.69, 9.17) is 28.6 Å². The molecule has 5 rings (SSSR count). The maximum atomic E-state index is 13.8. The third-order valence-corrected chi connectivity index (χ3v) is 7.51. The van der Waals surface area contributed by atoms with E-state index in [1.54, 1.807) is 24.3 Å². The summed E-state index contributed by atoms with van der Waals surface area (Å²) in [4.78, 5) is 15.6. The van der Waals surface area contributed by atoms with Crippen molar-refractivity contribution in [3.8, 4) is 5.75 Å². The van der Waals surface area contributed by atoms with Crippen molar-refractivity contribution in [2.45, 2.75) is 18.7 Å². The number of anilines is 2. The van der Waals surface area contributed by atoms with Crippen LogP contribution in [0.1, 0.15) is 18.5 Å². The summed E-state index contributed by atoms with van der Waals surface area (Å²) < 4.78 is 8.43. The van der Waals surface area contributed by atoms with Gasteiger partial charge in [-0.05, 0) is 85.9 Å². The van der Waals surface area contributed by atoms with E-state index in [1.807, 2.05) is 54.3 Å². The van der Waals surface area contributed by atoms with Gasteiger partial charge < -0.3 is 15.4 Å². The molecule has 5 nitrogen and oxygen atoms in total. The monoisotopic (exact) mass is 605 g/mol. The van der Waals surface area contributed by atoms with Crippen LogP contribution in [0.15, 0.2) is 75.7 Å². The standard InChI is InChI=1S/C24H18Br2ClN3O2S/c1-24-20(22(31)28-16-7-5-15(27)6-8-16)21(18-12-14(26)4-11-19(18)32-24)29-23(33)30(24)17-9-2-13(25)3-10-17/h2-12,20-21H,1H3,(H,28,31)(H,29,33)/t20-,21-,24+/m1/s1. The number of thiocarbonyl (C=S) groups is 1. The number of benzene rings is 3. The molecule has 9 heteroatoms. The number of hydrogen-bond acceptors (Lipinski definition) is 3. The first kappa shape index (κ1) is 22.7. The smallest absolute Gasteiger partial charge is 0.236 e. The second-order valence-electron chi connectivity index (χ2n) is 8.05. The Hall–Kier alpha value is -2.13. The minimum atomic E-state index is -1.07. The Labute approximate surface area is 218 Å². The van der Waals surface area contributed by atoms with Gasteiger partial charge in [0.25, 0.3) is 0 Å². The molecule has 0 radical (unpaired) electrons. The van der Waals surface area contributed by atoms with Crippen LogP contribution in [0.3, 0.4) is 0 Å². The Morgan fingerprint density at radius 3 is 2.45 bits per heavy atom. The SMILES string of the molecule is C[C@@]12Oc3ccc(Br)cc3[C@@H](NC(=S)N1c1ccc(Br)cc1)[C@@H]2C(=O)Nc1ccc(Cl)cc1. The molecule has 0 aliphatic carbocycles. The lowest BCUT2D eigenvalue weighted by Crippen LogP contribution is -2.72. The number of carbonyl (C=O) groups excluding carboxylic acids is 1. The normalized spacial score (nSPS) is 23.3. The second-order valence-corrected chi connectivity index (χ2v) is 10.7. The Balaban J connectivity index is 1.62. The molecule has 2 bridgehead atoms. The molecule has 3 aromatic rings. The first-order chi connectivity index (χ1) is 15.8. The van der Waals surface area contributed by atoms with Crippen LogP contribution in [0.4, 0.5) is 11.4 Å². The molecule has 3 aromatic carbocycles. The van der Waals surface area contributed by atoms with E-state index >= 15 is 0 Å². The molecule has 2 heterocycles. The average molecular weight is 608 g/mol. The Morgan fingerprint density at radius 2 is 1.76 bits per heavy atom. The fourth-order valence-corrected chi connectivity index (χ4v) is 5.67. The predicted octanol–water partition coefficient (Wildman–Crippen LogP) is 6.66. The number of rotatable bonds is 3.